The highest BCUT2D eigenvalue weighted by atomic mass is 16.3. The summed E-state index contributed by atoms with van der Waals surface area (Å²) in [5, 5.41) is 44.7. The van der Waals surface area contributed by atoms with Gasteiger partial charge in [-0.2, -0.15) is 0 Å². The zero-order valence-corrected chi connectivity index (χ0v) is 16.8. The van der Waals surface area contributed by atoms with E-state index in [2.05, 4.69) is 27.5 Å². The van der Waals surface area contributed by atoms with Crippen LogP contribution >= 0.6 is 0 Å². The summed E-state index contributed by atoms with van der Waals surface area (Å²) in [7, 11) is 0. The SMILES string of the molecule is CCCCCC(O)CC[C@@H]1[C@@H](CCCCCCc2nnn[nH]2)[C@@H](O)C[C@H]1O. The lowest BCUT2D eigenvalue weighted by Gasteiger charge is -2.24. The molecule has 0 saturated heterocycles. The molecule has 0 spiro atoms. The van der Waals surface area contributed by atoms with Gasteiger partial charge in [0.1, 0.15) is 5.82 Å². The maximum absolute atomic E-state index is 10.3. The van der Waals surface area contributed by atoms with Gasteiger partial charge in [-0.1, -0.05) is 45.4 Å². The van der Waals surface area contributed by atoms with Gasteiger partial charge >= 0.3 is 0 Å². The fraction of sp³-hybridized carbons (Fsp3) is 0.950. The summed E-state index contributed by atoms with van der Waals surface area (Å²) in [6.45, 7) is 2.17. The molecule has 0 radical (unpaired) electrons. The minimum atomic E-state index is -0.424. The summed E-state index contributed by atoms with van der Waals surface area (Å²) in [4.78, 5) is 0. The van der Waals surface area contributed by atoms with Crippen LogP contribution in [0, 0.1) is 11.8 Å². The first kappa shape index (κ1) is 22.2. The monoisotopic (exact) mass is 382 g/mol. The van der Waals surface area contributed by atoms with Gasteiger partial charge in [0.2, 0.25) is 0 Å². The van der Waals surface area contributed by atoms with Crippen LogP contribution in [0.25, 0.3) is 0 Å². The molecule has 27 heavy (non-hydrogen) atoms. The van der Waals surface area contributed by atoms with E-state index in [1.807, 2.05) is 0 Å². The van der Waals surface area contributed by atoms with E-state index in [9.17, 15) is 15.3 Å². The Balaban J connectivity index is 1.63. The van der Waals surface area contributed by atoms with Crippen LogP contribution in [0.5, 0.6) is 0 Å². The Hall–Kier alpha value is -1.05. The number of nitrogens with zero attached hydrogens (tertiary/aromatic N) is 3. The van der Waals surface area contributed by atoms with Crippen molar-refractivity contribution in [1.29, 1.82) is 0 Å². The number of nitrogens with one attached hydrogen (secondary N) is 1. The molecule has 1 unspecified atom stereocenters. The molecule has 1 saturated carbocycles. The number of H-pyrrole nitrogens is 1. The fourth-order valence-corrected chi connectivity index (χ4v) is 4.45. The van der Waals surface area contributed by atoms with Crippen molar-refractivity contribution in [2.45, 2.75) is 109 Å². The Morgan fingerprint density at radius 2 is 1.70 bits per heavy atom. The number of aliphatic hydroxyl groups is 3. The number of hydrogen-bond acceptors (Lipinski definition) is 6. The second-order valence-corrected chi connectivity index (χ2v) is 8.23. The zero-order valence-electron chi connectivity index (χ0n) is 16.8. The van der Waals surface area contributed by atoms with Gasteiger partial charge in [0.25, 0.3) is 0 Å². The van der Waals surface area contributed by atoms with E-state index >= 15 is 0 Å². The molecule has 7 heteroatoms. The highest BCUT2D eigenvalue weighted by Crippen LogP contribution is 2.39. The number of tetrazole rings is 1. The summed E-state index contributed by atoms with van der Waals surface area (Å²) in [5.74, 6) is 1.13. The molecule has 7 nitrogen and oxygen atoms in total. The lowest BCUT2D eigenvalue weighted by molar-refractivity contribution is 0.0799. The molecule has 5 atom stereocenters. The number of hydrogen-bond donors (Lipinski definition) is 4. The van der Waals surface area contributed by atoms with Crippen molar-refractivity contribution in [3.05, 3.63) is 5.82 Å². The van der Waals surface area contributed by atoms with Crippen LogP contribution in [0.4, 0.5) is 0 Å². The number of aromatic nitrogens is 4. The van der Waals surface area contributed by atoms with E-state index < -0.39 is 12.2 Å². The largest absolute Gasteiger partial charge is 0.393 e. The second-order valence-electron chi connectivity index (χ2n) is 8.23. The molecule has 1 heterocycles. The van der Waals surface area contributed by atoms with Crippen LogP contribution in [-0.2, 0) is 6.42 Å². The van der Waals surface area contributed by atoms with Crippen LogP contribution in [0.2, 0.25) is 0 Å². The van der Waals surface area contributed by atoms with E-state index in [1.165, 1.54) is 0 Å². The van der Waals surface area contributed by atoms with E-state index in [-0.39, 0.29) is 17.9 Å². The number of aryl methyl sites for hydroxylation is 1. The molecule has 1 aromatic heterocycles. The molecule has 156 valence electrons. The third-order valence-corrected chi connectivity index (χ3v) is 6.09. The molecule has 1 aliphatic rings. The molecule has 0 aliphatic heterocycles. The lowest BCUT2D eigenvalue weighted by atomic mass is 9.84. The predicted octanol–water partition coefficient (Wildman–Crippen LogP) is 2.77. The smallest absolute Gasteiger partial charge is 0.148 e. The van der Waals surface area contributed by atoms with Gasteiger partial charge in [-0.25, -0.2) is 5.10 Å². The van der Waals surface area contributed by atoms with Crippen LogP contribution in [0.15, 0.2) is 0 Å². The van der Waals surface area contributed by atoms with Crippen LogP contribution in [-0.4, -0.2) is 54.3 Å². The molecule has 0 amide bonds. The zero-order chi connectivity index (χ0) is 19.5. The van der Waals surface area contributed by atoms with Crippen molar-refractivity contribution in [2.24, 2.45) is 11.8 Å². The topological polar surface area (TPSA) is 115 Å². The first-order chi connectivity index (χ1) is 13.1. The highest BCUT2D eigenvalue weighted by Gasteiger charge is 2.40. The lowest BCUT2D eigenvalue weighted by Crippen LogP contribution is -2.24. The first-order valence-corrected chi connectivity index (χ1v) is 10.9. The number of aromatic amines is 1. The first-order valence-electron chi connectivity index (χ1n) is 10.9. The Morgan fingerprint density at radius 1 is 0.963 bits per heavy atom. The van der Waals surface area contributed by atoms with Gasteiger partial charge in [-0.05, 0) is 60.8 Å². The highest BCUT2D eigenvalue weighted by molar-refractivity contribution is 4.91. The van der Waals surface area contributed by atoms with Crippen LogP contribution in [0.1, 0.15) is 89.8 Å². The van der Waals surface area contributed by atoms with E-state index in [1.54, 1.807) is 0 Å². The summed E-state index contributed by atoms with van der Waals surface area (Å²) < 4.78 is 0. The predicted molar refractivity (Wildman–Crippen MR) is 104 cm³/mol. The van der Waals surface area contributed by atoms with Gasteiger partial charge in [-0.3, -0.25) is 0 Å². The number of unbranched alkanes of at least 4 members (excludes halogenated alkanes) is 5. The molecule has 1 aliphatic carbocycles. The summed E-state index contributed by atoms with van der Waals surface area (Å²) in [6, 6.07) is 0. The molecule has 0 bridgehead atoms. The molecule has 4 N–H and O–H groups in total. The maximum Gasteiger partial charge on any atom is 0.148 e. The Labute approximate surface area is 163 Å². The van der Waals surface area contributed by atoms with E-state index in [0.29, 0.717) is 6.42 Å². The van der Waals surface area contributed by atoms with Gasteiger partial charge in [0, 0.05) is 6.42 Å². The van der Waals surface area contributed by atoms with Gasteiger partial charge < -0.3 is 15.3 Å². The van der Waals surface area contributed by atoms with Crippen LogP contribution < -0.4 is 0 Å². The second kappa shape index (κ2) is 12.4. The van der Waals surface area contributed by atoms with Crippen molar-refractivity contribution < 1.29 is 15.3 Å². The van der Waals surface area contributed by atoms with Crippen molar-refractivity contribution in [3.63, 3.8) is 0 Å². The van der Waals surface area contributed by atoms with Gasteiger partial charge in [-0.15, -0.1) is 5.10 Å². The van der Waals surface area contributed by atoms with Gasteiger partial charge in [0.05, 0.1) is 18.3 Å². The molecular formula is C20H38N4O3. The Morgan fingerprint density at radius 3 is 2.41 bits per heavy atom. The molecular weight excluding hydrogens is 344 g/mol. The van der Waals surface area contributed by atoms with Crippen molar-refractivity contribution in [2.75, 3.05) is 0 Å². The summed E-state index contributed by atoms with van der Waals surface area (Å²) in [5.41, 5.74) is 0. The average Bonchev–Trinajstić information content (AvgIpc) is 3.24. The van der Waals surface area contributed by atoms with E-state index in [4.69, 9.17) is 0 Å². The fourth-order valence-electron chi connectivity index (χ4n) is 4.45. The molecule has 1 aromatic rings. The van der Waals surface area contributed by atoms with Gasteiger partial charge in [0.15, 0.2) is 0 Å². The van der Waals surface area contributed by atoms with Crippen molar-refractivity contribution >= 4 is 0 Å². The third kappa shape index (κ3) is 7.84. The standard InChI is InChI=1S/C20H38N4O3/c1-2-3-6-9-15(25)12-13-17-16(18(26)14-19(17)27)10-7-4-5-8-11-20-21-23-24-22-20/h15-19,25-27H,2-14H2,1H3,(H,21,22,23,24)/t15?,16-,17-,18+,19-/m1/s1. The molecule has 2 rings (SSSR count). The Kier molecular flexibility index (Phi) is 10.2. The molecule has 0 aromatic carbocycles. The third-order valence-electron chi connectivity index (χ3n) is 6.09. The normalized spacial score (nSPS) is 26.5. The van der Waals surface area contributed by atoms with Crippen molar-refractivity contribution in [3.8, 4) is 0 Å². The minimum absolute atomic E-state index is 0.126. The van der Waals surface area contributed by atoms with E-state index in [0.717, 1.165) is 82.9 Å². The quantitative estimate of drug-likeness (QED) is 0.368. The summed E-state index contributed by atoms with van der Waals surface area (Å²) >= 11 is 0. The maximum atomic E-state index is 10.3. The average molecular weight is 383 g/mol. The molecule has 1 fully saturated rings. The minimum Gasteiger partial charge on any atom is -0.393 e. The Bertz CT molecular complexity index is 486. The number of rotatable bonds is 14. The van der Waals surface area contributed by atoms with Crippen LogP contribution in [0.3, 0.4) is 0 Å². The summed E-state index contributed by atoms with van der Waals surface area (Å²) in [6.07, 6.45) is 11.4. The number of aliphatic hydroxyl groups excluding tert-OH is 3. The van der Waals surface area contributed by atoms with Crippen molar-refractivity contribution in [1.82, 2.24) is 20.6 Å².